The van der Waals surface area contributed by atoms with Crippen LogP contribution >= 0.6 is 0 Å². The summed E-state index contributed by atoms with van der Waals surface area (Å²) in [6.07, 6.45) is 2.91. The maximum absolute atomic E-state index is 13.1. The zero-order valence-electron chi connectivity index (χ0n) is 21.0. The summed E-state index contributed by atoms with van der Waals surface area (Å²) in [4.78, 5) is 32.2. The van der Waals surface area contributed by atoms with E-state index in [1.807, 2.05) is 42.2 Å². The molecule has 7 nitrogen and oxygen atoms in total. The number of carbonyl (C=O) groups is 2. The molecule has 0 aliphatic carbocycles. The van der Waals surface area contributed by atoms with Crippen molar-refractivity contribution >= 4 is 11.8 Å². The molecule has 1 aromatic heterocycles. The van der Waals surface area contributed by atoms with Gasteiger partial charge in [0.25, 0.3) is 5.91 Å². The van der Waals surface area contributed by atoms with Crippen LogP contribution < -0.4 is 14.8 Å². The number of nitrogens with one attached hydrogen (secondary N) is 1. The molecule has 1 aliphatic heterocycles. The summed E-state index contributed by atoms with van der Waals surface area (Å²) in [5.41, 5.74) is 3.43. The minimum Gasteiger partial charge on any atom is -0.493 e. The lowest BCUT2D eigenvalue weighted by atomic mass is 9.89. The number of piperidine rings is 1. The molecular weight excluding hydrogens is 430 g/mol. The van der Waals surface area contributed by atoms with Crippen LogP contribution in [0.1, 0.15) is 66.3 Å². The van der Waals surface area contributed by atoms with Crippen LogP contribution in [-0.4, -0.2) is 55.6 Å². The number of hydrogen-bond acceptors (Lipinski definition) is 5. The molecule has 0 unspecified atom stereocenters. The molecule has 1 saturated heterocycles. The highest BCUT2D eigenvalue weighted by Gasteiger charge is 2.28. The predicted molar refractivity (Wildman–Crippen MR) is 133 cm³/mol. The van der Waals surface area contributed by atoms with Crippen molar-refractivity contribution in [1.29, 1.82) is 0 Å². The SMILES string of the molecule is COc1ccc(CCNC(=O)c2ccc(C)nc2C2CCN(C(=O)CC(C)C)CC2)cc1OC. The van der Waals surface area contributed by atoms with E-state index in [1.165, 1.54) is 0 Å². The molecule has 1 N–H and O–H groups in total. The quantitative estimate of drug-likeness (QED) is 0.600. The van der Waals surface area contributed by atoms with Gasteiger partial charge >= 0.3 is 0 Å². The number of methoxy groups -OCH3 is 2. The lowest BCUT2D eigenvalue weighted by Gasteiger charge is -2.33. The Morgan fingerprint density at radius 3 is 2.44 bits per heavy atom. The van der Waals surface area contributed by atoms with Crippen molar-refractivity contribution in [3.63, 3.8) is 0 Å². The number of likely N-dealkylation sites (tertiary alicyclic amines) is 1. The van der Waals surface area contributed by atoms with E-state index in [0.717, 1.165) is 29.8 Å². The number of amides is 2. The Morgan fingerprint density at radius 2 is 1.79 bits per heavy atom. The van der Waals surface area contributed by atoms with Crippen molar-refractivity contribution in [3.8, 4) is 11.5 Å². The molecule has 2 amide bonds. The minimum absolute atomic E-state index is 0.110. The number of benzene rings is 1. The first-order valence-corrected chi connectivity index (χ1v) is 12.1. The molecule has 7 heteroatoms. The monoisotopic (exact) mass is 467 g/mol. The van der Waals surface area contributed by atoms with Crippen molar-refractivity contribution in [2.24, 2.45) is 5.92 Å². The van der Waals surface area contributed by atoms with Crippen molar-refractivity contribution in [2.45, 2.75) is 52.4 Å². The van der Waals surface area contributed by atoms with E-state index in [2.05, 4.69) is 19.2 Å². The first kappa shape index (κ1) is 25.5. The Balaban J connectivity index is 1.62. The van der Waals surface area contributed by atoms with E-state index in [0.29, 0.717) is 55.5 Å². The van der Waals surface area contributed by atoms with Gasteiger partial charge in [-0.15, -0.1) is 0 Å². The number of hydrogen-bond donors (Lipinski definition) is 1. The predicted octanol–water partition coefficient (Wildman–Crippen LogP) is 4.13. The standard InChI is InChI=1S/C27H37N3O4/c1-18(2)16-25(31)30-14-11-21(12-15-30)26-22(8-6-19(3)29-26)27(32)28-13-10-20-7-9-23(33-4)24(17-20)34-5/h6-9,17-18,21H,10-16H2,1-5H3,(H,28,32). The molecule has 3 rings (SSSR count). The highest BCUT2D eigenvalue weighted by atomic mass is 16.5. The number of pyridine rings is 1. The number of ether oxygens (including phenoxy) is 2. The van der Waals surface area contributed by atoms with Gasteiger partial charge in [-0.25, -0.2) is 0 Å². The van der Waals surface area contributed by atoms with Gasteiger partial charge in [-0.1, -0.05) is 19.9 Å². The Morgan fingerprint density at radius 1 is 1.09 bits per heavy atom. The first-order valence-electron chi connectivity index (χ1n) is 12.1. The second kappa shape index (κ2) is 11.9. The molecule has 2 heterocycles. The van der Waals surface area contributed by atoms with Crippen LogP contribution in [0.25, 0.3) is 0 Å². The number of aryl methyl sites for hydroxylation is 1. The molecule has 184 valence electrons. The van der Waals surface area contributed by atoms with Crippen LogP contribution in [0.4, 0.5) is 0 Å². The number of nitrogens with zero attached hydrogens (tertiary/aromatic N) is 2. The lowest BCUT2D eigenvalue weighted by Crippen LogP contribution is -2.39. The molecule has 0 spiro atoms. The Bertz CT molecular complexity index is 997. The highest BCUT2D eigenvalue weighted by molar-refractivity contribution is 5.95. The molecule has 34 heavy (non-hydrogen) atoms. The zero-order valence-corrected chi connectivity index (χ0v) is 21.0. The van der Waals surface area contributed by atoms with E-state index in [-0.39, 0.29) is 17.7 Å². The summed E-state index contributed by atoms with van der Waals surface area (Å²) in [6, 6.07) is 9.53. The topological polar surface area (TPSA) is 80.8 Å². The van der Waals surface area contributed by atoms with Crippen LogP contribution in [-0.2, 0) is 11.2 Å². The molecule has 0 atom stereocenters. The number of carbonyl (C=O) groups excluding carboxylic acids is 2. The van der Waals surface area contributed by atoms with Gasteiger partial charge in [0, 0.05) is 37.7 Å². The van der Waals surface area contributed by atoms with Crippen LogP contribution in [0.15, 0.2) is 30.3 Å². The van der Waals surface area contributed by atoms with Crippen LogP contribution in [0, 0.1) is 12.8 Å². The maximum Gasteiger partial charge on any atom is 0.253 e. The van der Waals surface area contributed by atoms with Crippen LogP contribution in [0.3, 0.4) is 0 Å². The third kappa shape index (κ3) is 6.49. The van der Waals surface area contributed by atoms with E-state index in [9.17, 15) is 9.59 Å². The molecule has 2 aromatic rings. The minimum atomic E-state index is -0.110. The van der Waals surface area contributed by atoms with Gasteiger partial charge in [0.2, 0.25) is 5.91 Å². The van der Waals surface area contributed by atoms with Crippen molar-refractivity contribution in [2.75, 3.05) is 33.9 Å². The summed E-state index contributed by atoms with van der Waals surface area (Å²) in [5.74, 6) is 2.00. The maximum atomic E-state index is 13.1. The third-order valence-corrected chi connectivity index (χ3v) is 6.27. The van der Waals surface area contributed by atoms with Gasteiger partial charge in [0.05, 0.1) is 25.5 Å². The fourth-order valence-electron chi connectivity index (χ4n) is 4.41. The van der Waals surface area contributed by atoms with Crippen molar-refractivity contribution in [3.05, 3.63) is 52.8 Å². The Labute approximate surface area is 202 Å². The van der Waals surface area contributed by atoms with E-state index in [1.54, 1.807) is 14.2 Å². The van der Waals surface area contributed by atoms with E-state index in [4.69, 9.17) is 14.5 Å². The average Bonchev–Trinajstić information content (AvgIpc) is 2.83. The van der Waals surface area contributed by atoms with Gasteiger partial charge in [-0.05, 0) is 61.9 Å². The Hall–Kier alpha value is -3.09. The summed E-state index contributed by atoms with van der Waals surface area (Å²) in [5, 5.41) is 3.05. The van der Waals surface area contributed by atoms with Crippen LogP contribution in [0.5, 0.6) is 11.5 Å². The molecule has 1 aliphatic rings. The van der Waals surface area contributed by atoms with E-state index >= 15 is 0 Å². The first-order chi connectivity index (χ1) is 16.3. The van der Waals surface area contributed by atoms with E-state index < -0.39 is 0 Å². The molecule has 0 saturated carbocycles. The average molecular weight is 468 g/mol. The van der Waals surface area contributed by atoms with Crippen LogP contribution in [0.2, 0.25) is 0 Å². The second-order valence-electron chi connectivity index (χ2n) is 9.33. The van der Waals surface area contributed by atoms with Gasteiger partial charge in [-0.3, -0.25) is 14.6 Å². The second-order valence-corrected chi connectivity index (χ2v) is 9.33. The van der Waals surface area contributed by atoms with Crippen molar-refractivity contribution < 1.29 is 19.1 Å². The molecular formula is C27H37N3O4. The Kier molecular flexibility index (Phi) is 8.91. The zero-order chi connectivity index (χ0) is 24.7. The van der Waals surface area contributed by atoms with Crippen molar-refractivity contribution in [1.82, 2.24) is 15.2 Å². The fourth-order valence-corrected chi connectivity index (χ4v) is 4.41. The smallest absolute Gasteiger partial charge is 0.253 e. The number of aromatic nitrogens is 1. The largest absolute Gasteiger partial charge is 0.493 e. The summed E-state index contributed by atoms with van der Waals surface area (Å²) >= 11 is 0. The molecule has 0 bridgehead atoms. The third-order valence-electron chi connectivity index (χ3n) is 6.27. The molecule has 0 radical (unpaired) electrons. The van der Waals surface area contributed by atoms with Gasteiger partial charge < -0.3 is 19.7 Å². The summed E-state index contributed by atoms with van der Waals surface area (Å²) in [7, 11) is 3.22. The fraction of sp³-hybridized carbons (Fsp3) is 0.519. The van der Waals surface area contributed by atoms with Gasteiger partial charge in [0.15, 0.2) is 11.5 Å². The van der Waals surface area contributed by atoms with Gasteiger partial charge in [0.1, 0.15) is 0 Å². The summed E-state index contributed by atoms with van der Waals surface area (Å²) in [6.45, 7) is 8.01. The molecule has 1 fully saturated rings. The highest BCUT2D eigenvalue weighted by Crippen LogP contribution is 2.30. The summed E-state index contributed by atoms with van der Waals surface area (Å²) < 4.78 is 10.6. The molecule has 1 aromatic carbocycles. The van der Waals surface area contributed by atoms with Gasteiger partial charge in [-0.2, -0.15) is 0 Å². The number of rotatable bonds is 9. The normalized spacial score (nSPS) is 14.2. The lowest BCUT2D eigenvalue weighted by molar-refractivity contribution is -0.133.